The quantitative estimate of drug-likeness (QED) is 0.595. The molecule has 0 radical (unpaired) electrons. The van der Waals surface area contributed by atoms with Gasteiger partial charge in [-0.3, -0.25) is 0 Å². The van der Waals surface area contributed by atoms with Crippen molar-refractivity contribution in [2.24, 2.45) is 0 Å². The molecule has 2 aromatic carbocycles. The first-order valence-corrected chi connectivity index (χ1v) is 9.26. The van der Waals surface area contributed by atoms with Gasteiger partial charge in [-0.15, -0.1) is 0 Å². The first-order valence-electron chi connectivity index (χ1n) is 8.44. The van der Waals surface area contributed by atoms with Gasteiger partial charge in [0.1, 0.15) is 0 Å². The zero-order valence-corrected chi connectivity index (χ0v) is 15.5. The SMILES string of the molecule is Cc1cc(C=C2Sc3ccccc3N2C)cc(C)[n+]1-c1ccccc1. The average Bonchev–Trinajstić information content (AvgIpc) is 2.91. The molecule has 4 rings (SSSR count). The highest BCUT2D eigenvalue weighted by atomic mass is 32.2. The molecule has 0 amide bonds. The topological polar surface area (TPSA) is 7.12 Å². The molecule has 3 aromatic rings. The number of para-hydroxylation sites is 2. The number of aryl methyl sites for hydroxylation is 2. The smallest absolute Gasteiger partial charge is 0.211 e. The summed E-state index contributed by atoms with van der Waals surface area (Å²) < 4.78 is 2.29. The van der Waals surface area contributed by atoms with Crippen molar-refractivity contribution < 1.29 is 4.57 Å². The first-order chi connectivity index (χ1) is 12.1. The van der Waals surface area contributed by atoms with Crippen molar-refractivity contribution in [3.63, 3.8) is 0 Å². The van der Waals surface area contributed by atoms with Crippen molar-refractivity contribution >= 4 is 23.5 Å². The van der Waals surface area contributed by atoms with Crippen molar-refractivity contribution in [3.05, 3.63) is 88.7 Å². The van der Waals surface area contributed by atoms with E-state index in [1.165, 1.54) is 38.3 Å². The van der Waals surface area contributed by atoms with Gasteiger partial charge in [0.2, 0.25) is 5.69 Å². The second-order valence-corrected chi connectivity index (χ2v) is 7.42. The number of rotatable bonds is 2. The Hall–Kier alpha value is -2.52. The van der Waals surface area contributed by atoms with E-state index in [1.54, 1.807) is 0 Å². The van der Waals surface area contributed by atoms with E-state index in [4.69, 9.17) is 0 Å². The van der Waals surface area contributed by atoms with Crippen LogP contribution in [0.2, 0.25) is 0 Å². The highest BCUT2D eigenvalue weighted by molar-refractivity contribution is 8.03. The molecular formula is C22H21N2S+. The van der Waals surface area contributed by atoms with E-state index < -0.39 is 0 Å². The second kappa shape index (κ2) is 6.41. The zero-order chi connectivity index (χ0) is 17.4. The summed E-state index contributed by atoms with van der Waals surface area (Å²) in [5.74, 6) is 0. The summed E-state index contributed by atoms with van der Waals surface area (Å²) in [4.78, 5) is 3.59. The first kappa shape index (κ1) is 16.0. The van der Waals surface area contributed by atoms with Gasteiger partial charge in [-0.05, 0) is 23.8 Å². The number of benzene rings is 2. The van der Waals surface area contributed by atoms with Crippen molar-refractivity contribution in [2.75, 3.05) is 11.9 Å². The minimum atomic E-state index is 1.21. The molecule has 0 bridgehead atoms. The van der Waals surface area contributed by atoms with Gasteiger partial charge in [-0.2, -0.15) is 4.57 Å². The van der Waals surface area contributed by atoms with Crippen LogP contribution in [0.1, 0.15) is 17.0 Å². The minimum absolute atomic E-state index is 1.21. The van der Waals surface area contributed by atoms with Crippen LogP contribution in [0.4, 0.5) is 5.69 Å². The van der Waals surface area contributed by atoms with E-state index in [0.29, 0.717) is 0 Å². The van der Waals surface area contributed by atoms with Crippen LogP contribution in [-0.4, -0.2) is 7.05 Å². The third kappa shape index (κ3) is 2.96. The Morgan fingerprint density at radius 3 is 2.20 bits per heavy atom. The summed E-state index contributed by atoms with van der Waals surface area (Å²) >= 11 is 1.83. The van der Waals surface area contributed by atoms with Crippen molar-refractivity contribution in [2.45, 2.75) is 18.7 Å². The lowest BCUT2D eigenvalue weighted by atomic mass is 10.1. The van der Waals surface area contributed by atoms with E-state index in [-0.39, 0.29) is 0 Å². The third-order valence-corrected chi connectivity index (χ3v) is 5.70. The summed E-state index contributed by atoms with van der Waals surface area (Å²) in [6.07, 6.45) is 2.28. The number of anilines is 1. The Bertz CT molecular complexity index is 938. The summed E-state index contributed by atoms with van der Waals surface area (Å²) in [7, 11) is 2.14. The second-order valence-electron chi connectivity index (χ2n) is 6.35. The number of hydrogen-bond acceptors (Lipinski definition) is 2. The summed E-state index contributed by atoms with van der Waals surface area (Å²) in [5.41, 5.74) is 6.20. The molecular weight excluding hydrogens is 324 g/mol. The Labute approximate surface area is 153 Å². The number of pyridine rings is 1. The molecule has 0 fully saturated rings. The Balaban J connectivity index is 1.72. The highest BCUT2D eigenvalue weighted by Gasteiger charge is 2.22. The molecule has 2 heterocycles. The summed E-state index contributed by atoms with van der Waals surface area (Å²) in [6.45, 7) is 4.34. The predicted octanol–water partition coefficient (Wildman–Crippen LogP) is 5.12. The minimum Gasteiger partial charge on any atom is -0.338 e. The maximum atomic E-state index is 2.29. The Kier molecular flexibility index (Phi) is 4.10. The molecule has 0 N–H and O–H groups in total. The summed E-state index contributed by atoms with van der Waals surface area (Å²) in [5, 5.41) is 1.26. The van der Waals surface area contributed by atoms with Crippen LogP contribution < -0.4 is 9.47 Å². The van der Waals surface area contributed by atoms with Gasteiger partial charge in [-0.25, -0.2) is 0 Å². The Morgan fingerprint density at radius 1 is 0.880 bits per heavy atom. The fourth-order valence-corrected chi connectivity index (χ4v) is 4.50. The number of fused-ring (bicyclic) bond motifs is 1. The van der Waals surface area contributed by atoms with Crippen LogP contribution in [-0.2, 0) is 0 Å². The molecule has 0 atom stereocenters. The maximum absolute atomic E-state index is 2.29. The normalized spacial score (nSPS) is 14.8. The van der Waals surface area contributed by atoms with Crippen LogP contribution in [0.3, 0.4) is 0 Å². The number of aromatic nitrogens is 1. The van der Waals surface area contributed by atoms with E-state index in [9.17, 15) is 0 Å². The molecule has 1 aliphatic rings. The maximum Gasteiger partial charge on any atom is 0.211 e. The van der Waals surface area contributed by atoms with Crippen molar-refractivity contribution in [3.8, 4) is 5.69 Å². The molecule has 0 aliphatic carbocycles. The predicted molar refractivity (Wildman–Crippen MR) is 106 cm³/mol. The molecule has 2 nitrogen and oxygen atoms in total. The average molecular weight is 345 g/mol. The van der Waals surface area contributed by atoms with Crippen LogP contribution in [0.5, 0.6) is 0 Å². The van der Waals surface area contributed by atoms with E-state index in [0.717, 1.165) is 0 Å². The van der Waals surface area contributed by atoms with Crippen molar-refractivity contribution in [1.82, 2.24) is 0 Å². The number of hydrogen-bond donors (Lipinski definition) is 0. The molecule has 0 spiro atoms. The van der Waals surface area contributed by atoms with Gasteiger partial charge in [0.25, 0.3) is 0 Å². The summed E-state index contributed by atoms with van der Waals surface area (Å²) in [6, 6.07) is 23.6. The standard InChI is InChI=1S/C22H21N2S/c1-16-13-18(14-17(2)24(16)19-9-5-4-6-10-19)15-22-23(3)20-11-7-8-12-21(20)25-22/h4-15H,1-3H3/q+1. The lowest BCUT2D eigenvalue weighted by molar-refractivity contribution is -0.609. The van der Waals surface area contributed by atoms with Crippen LogP contribution >= 0.6 is 11.8 Å². The van der Waals surface area contributed by atoms with Gasteiger partial charge in [0.15, 0.2) is 11.4 Å². The molecule has 1 aliphatic heterocycles. The molecule has 0 saturated carbocycles. The van der Waals surface area contributed by atoms with Crippen LogP contribution in [0.15, 0.2) is 76.7 Å². The van der Waals surface area contributed by atoms with Gasteiger partial charge >= 0.3 is 0 Å². The number of thioether (sulfide) groups is 1. The fourth-order valence-electron chi connectivity index (χ4n) is 3.39. The van der Waals surface area contributed by atoms with Crippen LogP contribution in [0.25, 0.3) is 11.8 Å². The molecule has 25 heavy (non-hydrogen) atoms. The van der Waals surface area contributed by atoms with Gasteiger partial charge in [0.05, 0.1) is 10.7 Å². The number of nitrogens with zero attached hydrogens (tertiary/aromatic N) is 2. The highest BCUT2D eigenvalue weighted by Crippen LogP contribution is 2.45. The molecule has 1 aromatic heterocycles. The van der Waals surface area contributed by atoms with E-state index in [1.807, 2.05) is 11.8 Å². The molecule has 124 valence electrons. The van der Waals surface area contributed by atoms with Gasteiger partial charge < -0.3 is 4.90 Å². The van der Waals surface area contributed by atoms with Crippen LogP contribution in [0, 0.1) is 13.8 Å². The largest absolute Gasteiger partial charge is 0.338 e. The monoisotopic (exact) mass is 345 g/mol. The van der Waals surface area contributed by atoms with E-state index >= 15 is 0 Å². The molecule has 0 unspecified atom stereocenters. The zero-order valence-electron chi connectivity index (χ0n) is 14.7. The van der Waals surface area contributed by atoms with E-state index in [2.05, 4.69) is 103 Å². The molecule has 0 saturated heterocycles. The third-order valence-electron chi connectivity index (χ3n) is 4.53. The Morgan fingerprint density at radius 2 is 1.52 bits per heavy atom. The van der Waals surface area contributed by atoms with Crippen molar-refractivity contribution in [1.29, 1.82) is 0 Å². The van der Waals surface area contributed by atoms with Gasteiger partial charge in [0, 0.05) is 50.1 Å². The fraction of sp³-hybridized carbons (Fsp3) is 0.136. The lowest BCUT2D eigenvalue weighted by Crippen LogP contribution is -2.37. The van der Waals surface area contributed by atoms with Gasteiger partial charge in [-0.1, -0.05) is 42.1 Å². The lowest BCUT2D eigenvalue weighted by Gasteiger charge is -2.13. The molecule has 3 heteroatoms.